The molecule has 0 radical (unpaired) electrons. The highest BCUT2D eigenvalue weighted by Gasteiger charge is 1.89. The van der Waals surface area contributed by atoms with E-state index in [0.29, 0.717) is 5.16 Å². The second kappa shape index (κ2) is 2.00. The van der Waals surface area contributed by atoms with Crippen LogP contribution in [0.25, 0.3) is 0 Å². The van der Waals surface area contributed by atoms with Crippen molar-refractivity contribution in [2.45, 2.75) is 5.16 Å². The first-order valence-corrected chi connectivity index (χ1v) is 2.54. The van der Waals surface area contributed by atoms with Crippen LogP contribution < -0.4 is 10.5 Å². The maximum atomic E-state index is 10.4. The molecule has 1 aromatic heterocycles. The van der Waals surface area contributed by atoms with Crippen molar-refractivity contribution in [1.82, 2.24) is 4.98 Å². The first-order valence-electron chi connectivity index (χ1n) is 2.09. The lowest BCUT2D eigenvalue weighted by Gasteiger charge is -1.75. The zero-order valence-electron chi connectivity index (χ0n) is 4.01. The van der Waals surface area contributed by atoms with E-state index in [2.05, 4.69) is 22.6 Å². The summed E-state index contributed by atoms with van der Waals surface area (Å²) in [5.41, 5.74) is -0.145. The first-order chi connectivity index (χ1) is 3.79. The minimum Gasteiger partial charge on any atom is -0.241 e. The molecule has 0 unspecified atom stereocenters. The van der Waals surface area contributed by atoms with Crippen LogP contribution in [-0.4, -0.2) is 4.98 Å². The molecule has 0 aliphatic heterocycles. The molecule has 4 heteroatoms. The zero-order chi connectivity index (χ0) is 5.98. The van der Waals surface area contributed by atoms with Crippen LogP contribution in [0.3, 0.4) is 0 Å². The average Bonchev–Trinajstić information content (AvgIpc) is 1.64. The molecule has 0 fully saturated rings. The molecule has 0 aliphatic carbocycles. The summed E-state index contributed by atoms with van der Waals surface area (Å²) in [6.45, 7) is 0. The normalized spacial score (nSPS) is 9.12. The van der Waals surface area contributed by atoms with Crippen LogP contribution in [0.4, 0.5) is 0 Å². The standard InChI is InChI=1S/C4H4N2OS/c7-3-1-2-5-4(8)6-3/h1-2H,(H2,5,6,7,8)/p+1. The van der Waals surface area contributed by atoms with E-state index >= 15 is 0 Å². The average molecular weight is 129 g/mol. The molecule has 3 nitrogen and oxygen atoms in total. The molecular formula is C4H5N2OS+. The monoisotopic (exact) mass is 129 g/mol. The second-order valence-electron chi connectivity index (χ2n) is 1.32. The molecule has 0 aliphatic rings. The fourth-order valence-corrected chi connectivity index (χ4v) is 0.575. The van der Waals surface area contributed by atoms with Gasteiger partial charge in [0.2, 0.25) is 0 Å². The van der Waals surface area contributed by atoms with E-state index < -0.39 is 0 Å². The van der Waals surface area contributed by atoms with Gasteiger partial charge >= 0.3 is 10.7 Å². The predicted molar refractivity (Wildman–Crippen MR) is 30.9 cm³/mol. The Kier molecular flexibility index (Phi) is 1.34. The van der Waals surface area contributed by atoms with E-state index in [1.165, 1.54) is 12.3 Å². The third-order valence-corrected chi connectivity index (χ3v) is 0.937. The Bertz CT molecular complexity index is 231. The minimum absolute atomic E-state index is 0.145. The number of thiol groups is 1. The van der Waals surface area contributed by atoms with Crippen molar-refractivity contribution in [1.29, 1.82) is 0 Å². The van der Waals surface area contributed by atoms with Crippen LogP contribution in [0.1, 0.15) is 0 Å². The third kappa shape index (κ3) is 1.10. The van der Waals surface area contributed by atoms with Crippen molar-refractivity contribution in [2.75, 3.05) is 0 Å². The van der Waals surface area contributed by atoms with Gasteiger partial charge in [-0.15, -0.1) is 0 Å². The maximum absolute atomic E-state index is 10.4. The van der Waals surface area contributed by atoms with Crippen LogP contribution in [0.15, 0.2) is 22.2 Å². The van der Waals surface area contributed by atoms with Gasteiger partial charge in [-0.3, -0.25) is 0 Å². The van der Waals surface area contributed by atoms with Crippen LogP contribution >= 0.6 is 12.6 Å². The number of hydrogen-bond donors (Lipinski definition) is 2. The summed E-state index contributed by atoms with van der Waals surface area (Å²) in [7, 11) is 0. The van der Waals surface area contributed by atoms with E-state index in [-0.39, 0.29) is 5.56 Å². The highest BCUT2D eigenvalue weighted by molar-refractivity contribution is 7.79. The fourth-order valence-electron chi connectivity index (χ4n) is 0.391. The topological polar surface area (TPSA) is 47.0 Å². The van der Waals surface area contributed by atoms with Crippen molar-refractivity contribution in [3.8, 4) is 0 Å². The van der Waals surface area contributed by atoms with Gasteiger partial charge in [0.1, 0.15) is 0 Å². The second-order valence-corrected chi connectivity index (χ2v) is 1.76. The van der Waals surface area contributed by atoms with Gasteiger partial charge in [-0.05, 0) is 0 Å². The first kappa shape index (κ1) is 5.37. The molecule has 1 rings (SSSR count). The van der Waals surface area contributed by atoms with E-state index in [1.54, 1.807) is 0 Å². The lowest BCUT2D eigenvalue weighted by Crippen LogP contribution is -2.14. The molecule has 1 aromatic rings. The minimum atomic E-state index is -0.145. The summed E-state index contributed by atoms with van der Waals surface area (Å²) in [6.07, 6.45) is 1.53. The van der Waals surface area contributed by atoms with E-state index in [0.717, 1.165) is 0 Å². The lowest BCUT2D eigenvalue weighted by atomic mass is 10.7. The van der Waals surface area contributed by atoms with Crippen molar-refractivity contribution in [3.05, 3.63) is 22.6 Å². The quantitative estimate of drug-likeness (QED) is 0.359. The molecule has 2 N–H and O–H groups in total. The van der Waals surface area contributed by atoms with Gasteiger partial charge in [0.25, 0.3) is 0 Å². The Morgan fingerprint density at radius 2 is 2.50 bits per heavy atom. The van der Waals surface area contributed by atoms with Crippen LogP contribution in [-0.2, 0) is 0 Å². The molecule has 8 heavy (non-hydrogen) atoms. The van der Waals surface area contributed by atoms with Gasteiger partial charge < -0.3 is 0 Å². The van der Waals surface area contributed by atoms with E-state index in [9.17, 15) is 4.79 Å². The molecule has 0 spiro atoms. The molecule has 0 aromatic carbocycles. The van der Waals surface area contributed by atoms with Gasteiger partial charge in [0, 0.05) is 0 Å². The van der Waals surface area contributed by atoms with Gasteiger partial charge in [-0.2, -0.15) is 0 Å². The summed E-state index contributed by atoms with van der Waals surface area (Å²) in [5.74, 6) is 0. The Morgan fingerprint density at radius 3 is 2.88 bits per heavy atom. The number of H-pyrrole nitrogens is 2. The fraction of sp³-hybridized carbons (Fsp3) is 0. The van der Waals surface area contributed by atoms with Gasteiger partial charge in [0.15, 0.2) is 0 Å². The molecule has 0 saturated heterocycles. The molecule has 1 heterocycles. The Balaban J connectivity index is 3.28. The Hall–Kier alpha value is -0.770. The zero-order valence-corrected chi connectivity index (χ0v) is 4.90. The summed E-state index contributed by atoms with van der Waals surface area (Å²) >= 11 is 3.84. The van der Waals surface area contributed by atoms with Gasteiger partial charge in [-0.25, -0.2) is 14.8 Å². The largest absolute Gasteiger partial charge is 0.335 e. The Labute approximate surface area is 51.2 Å². The van der Waals surface area contributed by atoms with Gasteiger partial charge in [0.05, 0.1) is 12.3 Å². The molecule has 0 bridgehead atoms. The SMILES string of the molecule is O=c1cc[nH+]c(S)[nH]1. The lowest BCUT2D eigenvalue weighted by molar-refractivity contribution is -0.433. The summed E-state index contributed by atoms with van der Waals surface area (Å²) in [6, 6.07) is 1.39. The van der Waals surface area contributed by atoms with Crippen LogP contribution in [0.5, 0.6) is 0 Å². The molecular weight excluding hydrogens is 124 g/mol. The third-order valence-electron chi connectivity index (χ3n) is 0.696. The molecule has 0 saturated carbocycles. The summed E-state index contributed by atoms with van der Waals surface area (Å²) in [5, 5.41) is 0.470. The number of aromatic amines is 2. The van der Waals surface area contributed by atoms with E-state index in [1.807, 2.05) is 0 Å². The summed E-state index contributed by atoms with van der Waals surface area (Å²) in [4.78, 5) is 15.5. The molecule has 42 valence electrons. The number of nitrogens with one attached hydrogen (secondary N) is 2. The van der Waals surface area contributed by atoms with Crippen molar-refractivity contribution in [3.63, 3.8) is 0 Å². The molecule has 0 atom stereocenters. The maximum Gasteiger partial charge on any atom is 0.335 e. The summed E-state index contributed by atoms with van der Waals surface area (Å²) < 4.78 is 0. The number of hydrogen-bond acceptors (Lipinski definition) is 2. The smallest absolute Gasteiger partial charge is 0.241 e. The highest BCUT2D eigenvalue weighted by Crippen LogP contribution is 1.79. The molecule has 0 amide bonds. The number of aromatic nitrogens is 2. The Morgan fingerprint density at radius 1 is 1.75 bits per heavy atom. The van der Waals surface area contributed by atoms with Crippen LogP contribution in [0.2, 0.25) is 0 Å². The van der Waals surface area contributed by atoms with Crippen molar-refractivity contribution < 1.29 is 4.98 Å². The number of rotatable bonds is 0. The van der Waals surface area contributed by atoms with Crippen LogP contribution in [0, 0.1) is 0 Å². The van der Waals surface area contributed by atoms with Gasteiger partial charge in [-0.1, -0.05) is 12.6 Å². The van der Waals surface area contributed by atoms with Crippen molar-refractivity contribution in [2.24, 2.45) is 0 Å². The highest BCUT2D eigenvalue weighted by atomic mass is 32.1. The predicted octanol–water partition coefficient (Wildman–Crippen LogP) is -0.522. The van der Waals surface area contributed by atoms with E-state index in [4.69, 9.17) is 0 Å². The van der Waals surface area contributed by atoms with Crippen molar-refractivity contribution >= 4 is 12.6 Å².